The Balaban J connectivity index is 2.59. The fourth-order valence-electron chi connectivity index (χ4n) is 1.46. The maximum atomic E-state index is 13.7. The summed E-state index contributed by atoms with van der Waals surface area (Å²) >= 11 is 5.60. The van der Waals surface area contributed by atoms with Gasteiger partial charge in [0, 0.05) is 0 Å². The summed E-state index contributed by atoms with van der Waals surface area (Å²) in [6.45, 7) is 1.45. The van der Waals surface area contributed by atoms with Crippen LogP contribution >= 0.6 is 11.6 Å². The number of carbonyl (C=O) groups excluding carboxylic acids is 1. The van der Waals surface area contributed by atoms with Crippen LogP contribution in [0.15, 0.2) is 28.9 Å². The predicted molar refractivity (Wildman–Crippen MR) is 58.2 cm³/mol. The number of furan rings is 1. The van der Waals surface area contributed by atoms with E-state index in [1.54, 1.807) is 0 Å². The van der Waals surface area contributed by atoms with E-state index in [9.17, 15) is 13.6 Å². The van der Waals surface area contributed by atoms with Gasteiger partial charge in [-0.05, 0) is 36.2 Å². The second-order valence-electron chi connectivity index (χ2n) is 3.49. The van der Waals surface area contributed by atoms with Crippen LogP contribution in [-0.2, 0) is 0 Å². The highest BCUT2D eigenvalue weighted by Gasteiger charge is 2.23. The number of benzene rings is 1. The molecule has 2 rings (SSSR count). The van der Waals surface area contributed by atoms with Gasteiger partial charge in [0.25, 0.3) is 0 Å². The lowest BCUT2D eigenvalue weighted by atomic mass is 10.0. The van der Waals surface area contributed by atoms with E-state index in [0.29, 0.717) is 0 Å². The number of carbonyl (C=O) groups is 1. The summed E-state index contributed by atoms with van der Waals surface area (Å²) in [7, 11) is 0. The molecule has 17 heavy (non-hydrogen) atoms. The maximum absolute atomic E-state index is 13.7. The Morgan fingerprint density at radius 2 is 2.00 bits per heavy atom. The van der Waals surface area contributed by atoms with E-state index in [-0.39, 0.29) is 16.3 Å². The van der Waals surface area contributed by atoms with E-state index in [1.165, 1.54) is 25.3 Å². The van der Waals surface area contributed by atoms with Crippen LogP contribution in [0.5, 0.6) is 0 Å². The number of halogens is 3. The molecule has 2 aromatic rings. The van der Waals surface area contributed by atoms with E-state index in [2.05, 4.69) is 0 Å². The minimum absolute atomic E-state index is 0.0601. The topological polar surface area (TPSA) is 30.2 Å². The lowest BCUT2D eigenvalue weighted by molar-refractivity contribution is 0.103. The van der Waals surface area contributed by atoms with Gasteiger partial charge in [-0.1, -0.05) is 6.07 Å². The fraction of sp³-hybridized carbons (Fsp3) is 0.0833. The molecule has 0 aliphatic heterocycles. The zero-order chi connectivity index (χ0) is 12.6. The number of ketones is 1. The van der Waals surface area contributed by atoms with Crippen molar-refractivity contribution in [3.8, 4) is 0 Å². The van der Waals surface area contributed by atoms with Crippen molar-refractivity contribution in [3.05, 3.63) is 58.0 Å². The van der Waals surface area contributed by atoms with Crippen molar-refractivity contribution in [2.75, 3.05) is 0 Å². The summed E-state index contributed by atoms with van der Waals surface area (Å²) < 4.78 is 31.9. The Kier molecular flexibility index (Phi) is 2.98. The molecule has 88 valence electrons. The first-order chi connectivity index (χ1) is 8.02. The van der Waals surface area contributed by atoms with Crippen molar-refractivity contribution < 1.29 is 18.0 Å². The standard InChI is InChI=1S/C12H7ClF2O2/c1-6-2-3-8(14)9(10(6)15)11(16)7-4-5-17-12(7)13/h2-5H,1H3. The third-order valence-electron chi connectivity index (χ3n) is 2.37. The van der Waals surface area contributed by atoms with Crippen LogP contribution in [0, 0.1) is 18.6 Å². The van der Waals surface area contributed by atoms with Gasteiger partial charge in [-0.3, -0.25) is 4.79 Å². The van der Waals surface area contributed by atoms with Crippen LogP contribution in [0.3, 0.4) is 0 Å². The molecular weight excluding hydrogens is 250 g/mol. The molecule has 0 saturated carbocycles. The van der Waals surface area contributed by atoms with Gasteiger partial charge >= 0.3 is 0 Å². The quantitative estimate of drug-likeness (QED) is 0.766. The Bertz CT molecular complexity index is 590. The molecule has 0 aliphatic rings. The van der Waals surface area contributed by atoms with Gasteiger partial charge in [-0.15, -0.1) is 0 Å². The number of hydrogen-bond donors (Lipinski definition) is 0. The lowest BCUT2D eigenvalue weighted by Gasteiger charge is -2.05. The zero-order valence-electron chi connectivity index (χ0n) is 8.76. The number of rotatable bonds is 2. The van der Waals surface area contributed by atoms with Crippen molar-refractivity contribution in [1.82, 2.24) is 0 Å². The minimum atomic E-state index is -0.921. The second kappa shape index (κ2) is 4.30. The molecule has 0 N–H and O–H groups in total. The molecule has 1 aromatic carbocycles. The van der Waals surface area contributed by atoms with Gasteiger partial charge in [-0.2, -0.15) is 0 Å². The van der Waals surface area contributed by atoms with Crippen molar-refractivity contribution in [1.29, 1.82) is 0 Å². The highest BCUT2D eigenvalue weighted by atomic mass is 35.5. The Hall–Kier alpha value is -1.68. The predicted octanol–water partition coefficient (Wildman–Crippen LogP) is 3.75. The van der Waals surface area contributed by atoms with Crippen molar-refractivity contribution >= 4 is 17.4 Å². The first-order valence-electron chi connectivity index (χ1n) is 4.74. The summed E-state index contributed by atoms with van der Waals surface area (Å²) in [4.78, 5) is 11.9. The average Bonchev–Trinajstić information content (AvgIpc) is 2.70. The van der Waals surface area contributed by atoms with Gasteiger partial charge in [-0.25, -0.2) is 8.78 Å². The zero-order valence-corrected chi connectivity index (χ0v) is 9.52. The van der Waals surface area contributed by atoms with Crippen molar-refractivity contribution in [3.63, 3.8) is 0 Å². The van der Waals surface area contributed by atoms with E-state index in [0.717, 1.165) is 6.07 Å². The first kappa shape index (κ1) is 11.8. The Labute approximate surface area is 101 Å². The van der Waals surface area contributed by atoms with Crippen LogP contribution in [0.4, 0.5) is 8.78 Å². The molecule has 0 fully saturated rings. The molecule has 2 nitrogen and oxygen atoms in total. The minimum Gasteiger partial charge on any atom is -0.452 e. The molecule has 0 amide bonds. The van der Waals surface area contributed by atoms with E-state index >= 15 is 0 Å². The van der Waals surface area contributed by atoms with E-state index in [1.807, 2.05) is 0 Å². The summed E-state index contributed by atoms with van der Waals surface area (Å²) in [5, 5.41) is -0.185. The highest BCUT2D eigenvalue weighted by molar-refractivity contribution is 6.33. The van der Waals surface area contributed by atoms with Gasteiger partial charge in [0.2, 0.25) is 11.0 Å². The third-order valence-corrected chi connectivity index (χ3v) is 2.67. The van der Waals surface area contributed by atoms with E-state index in [4.69, 9.17) is 16.0 Å². The summed E-state index contributed by atoms with van der Waals surface area (Å²) in [6.07, 6.45) is 1.18. The average molecular weight is 257 g/mol. The first-order valence-corrected chi connectivity index (χ1v) is 5.12. The smallest absolute Gasteiger partial charge is 0.204 e. The third kappa shape index (κ3) is 1.96. The number of hydrogen-bond acceptors (Lipinski definition) is 2. The van der Waals surface area contributed by atoms with Gasteiger partial charge in [0.05, 0.1) is 17.4 Å². The number of aryl methyl sites for hydroxylation is 1. The molecule has 0 aliphatic carbocycles. The normalized spacial score (nSPS) is 10.6. The summed E-state index contributed by atoms with van der Waals surface area (Å²) in [5.41, 5.74) is -0.488. The van der Waals surface area contributed by atoms with Gasteiger partial charge in [0.15, 0.2) is 0 Å². The van der Waals surface area contributed by atoms with Gasteiger partial charge in [0.1, 0.15) is 11.6 Å². The lowest BCUT2D eigenvalue weighted by Crippen LogP contribution is -2.08. The monoisotopic (exact) mass is 256 g/mol. The molecule has 0 spiro atoms. The van der Waals surface area contributed by atoms with Crippen molar-refractivity contribution in [2.45, 2.75) is 6.92 Å². The van der Waals surface area contributed by atoms with Crippen LogP contribution < -0.4 is 0 Å². The maximum Gasteiger partial charge on any atom is 0.204 e. The SMILES string of the molecule is Cc1ccc(F)c(C(=O)c2ccoc2Cl)c1F. The second-order valence-corrected chi connectivity index (χ2v) is 3.83. The van der Waals surface area contributed by atoms with Crippen LogP contribution in [0.25, 0.3) is 0 Å². The molecule has 1 heterocycles. The van der Waals surface area contributed by atoms with Crippen LogP contribution in [0.1, 0.15) is 21.5 Å². The molecular formula is C12H7ClF2O2. The van der Waals surface area contributed by atoms with Crippen molar-refractivity contribution in [2.24, 2.45) is 0 Å². The van der Waals surface area contributed by atoms with E-state index < -0.39 is 23.0 Å². The largest absolute Gasteiger partial charge is 0.452 e. The molecule has 1 aromatic heterocycles. The van der Waals surface area contributed by atoms with Crippen LogP contribution in [-0.4, -0.2) is 5.78 Å². The highest BCUT2D eigenvalue weighted by Crippen LogP contribution is 2.24. The van der Waals surface area contributed by atoms with Crippen LogP contribution in [0.2, 0.25) is 5.22 Å². The molecule has 5 heteroatoms. The summed E-state index contributed by atoms with van der Waals surface area (Å²) in [6, 6.07) is 3.57. The molecule has 0 bridgehead atoms. The fourth-order valence-corrected chi connectivity index (χ4v) is 1.66. The van der Waals surface area contributed by atoms with Gasteiger partial charge < -0.3 is 4.42 Å². The molecule has 0 atom stereocenters. The molecule has 0 saturated heterocycles. The molecule has 0 radical (unpaired) electrons. The molecule has 0 unspecified atom stereocenters. The Morgan fingerprint density at radius 3 is 2.59 bits per heavy atom. The Morgan fingerprint density at radius 1 is 1.29 bits per heavy atom. The summed E-state index contributed by atoms with van der Waals surface area (Å²) in [5.74, 6) is -2.63.